The van der Waals surface area contributed by atoms with Crippen LogP contribution >= 0.6 is 11.6 Å². The average Bonchev–Trinajstić information content (AvgIpc) is 3.24. The number of rotatable bonds is 22. The molecule has 0 aliphatic rings. The minimum Gasteiger partial charge on any atom is -0.507 e. The quantitative estimate of drug-likeness (QED) is 0.0241. The maximum atomic E-state index is 13.3. The van der Waals surface area contributed by atoms with Gasteiger partial charge in [-0.3, -0.25) is 18.5 Å². The molecule has 0 spiro atoms. The number of hydrogen-bond donors (Lipinski definition) is 6. The van der Waals surface area contributed by atoms with E-state index < -0.39 is 113 Å². The van der Waals surface area contributed by atoms with Crippen LogP contribution in [0, 0.1) is 0 Å². The van der Waals surface area contributed by atoms with Crippen LogP contribution in [0.3, 0.4) is 0 Å². The van der Waals surface area contributed by atoms with E-state index in [0.29, 0.717) is 11.8 Å². The Balaban J connectivity index is 1.69. The highest BCUT2D eigenvalue weighted by Crippen LogP contribution is 2.45. The second kappa shape index (κ2) is 21.6. The SMILES string of the molecule is COc1cc(S(=O)(=O)CCOS(=O)(=O)O)c(OC)cc1/N=N/c1cc(S(=O)(=O)O)c(/N=N/c2c(Nc3ccccc3)ccc3cc(S(=O)(=O)O)cc(O)c23)cc1NC(=O)CCCS(=O)(=O)CCCl. The molecule has 0 atom stereocenters. The summed E-state index contributed by atoms with van der Waals surface area (Å²) in [5.41, 5.74) is -1.44. The Morgan fingerprint density at radius 2 is 1.34 bits per heavy atom. The monoisotopic (exact) mass is 1060 g/mol. The summed E-state index contributed by atoms with van der Waals surface area (Å²) in [4.78, 5) is 11.1. The minimum absolute atomic E-state index is 0.0146. The van der Waals surface area contributed by atoms with Gasteiger partial charge in [-0.2, -0.15) is 25.3 Å². The van der Waals surface area contributed by atoms with E-state index in [2.05, 4.69) is 35.3 Å². The molecule has 0 heterocycles. The number of para-hydroxylation sites is 1. The zero-order valence-corrected chi connectivity index (χ0v) is 40.0. The number of carbonyl (C=O) groups is 1. The van der Waals surface area contributed by atoms with Crippen molar-refractivity contribution in [1.82, 2.24) is 0 Å². The van der Waals surface area contributed by atoms with Gasteiger partial charge in [0.15, 0.2) is 19.7 Å². The lowest BCUT2D eigenvalue weighted by molar-refractivity contribution is -0.116. The van der Waals surface area contributed by atoms with Gasteiger partial charge in [-0.25, -0.2) is 21.0 Å². The second-order valence-corrected chi connectivity index (χ2v) is 22.6. The molecule has 5 aromatic rings. The van der Waals surface area contributed by atoms with E-state index in [4.69, 9.17) is 25.6 Å². The lowest BCUT2D eigenvalue weighted by Gasteiger charge is -2.14. The lowest BCUT2D eigenvalue weighted by atomic mass is 10.1. The summed E-state index contributed by atoms with van der Waals surface area (Å²) < 4.78 is 166. The molecule has 0 unspecified atom stereocenters. The molecule has 0 fully saturated rings. The van der Waals surface area contributed by atoms with E-state index in [0.717, 1.165) is 44.6 Å². The number of benzene rings is 5. The standard InChI is InChI=1S/C38H39ClN6O18S5/c1-61-32-22-35(65(50,51)16-13-63-68(58,59)60)33(62-2)20-29(32)43-42-28-21-34(67(55,56)57)30(19-27(28)41-36(47)9-6-14-64(48,49)15-12-39)44-45-38-26(40-24-7-4-3-5-8-24)11-10-23-17-25(66(52,53)54)18-31(46)37(23)38/h3-5,7-8,10-11,17-22,40,46H,6,9,12-16H2,1-2H3,(H,41,47)(H,52,53,54)(H,55,56,57)(H,58,59,60)/b43-42+,45-44+. The molecular formula is C38H39ClN6O18S5. The van der Waals surface area contributed by atoms with Gasteiger partial charge >= 0.3 is 10.4 Å². The third-order valence-corrected chi connectivity index (χ3v) is 15.2. The van der Waals surface area contributed by atoms with Gasteiger partial charge in [0, 0.05) is 36.2 Å². The van der Waals surface area contributed by atoms with Crippen molar-refractivity contribution in [3.63, 3.8) is 0 Å². The van der Waals surface area contributed by atoms with Crippen LogP contribution in [0.2, 0.25) is 0 Å². The Morgan fingerprint density at radius 3 is 1.96 bits per heavy atom. The first-order valence-electron chi connectivity index (χ1n) is 19.0. The molecule has 0 saturated heterocycles. The number of alkyl halides is 1. The molecule has 30 heteroatoms. The van der Waals surface area contributed by atoms with Crippen molar-refractivity contribution in [2.75, 3.05) is 54.6 Å². The highest BCUT2D eigenvalue weighted by molar-refractivity contribution is 7.91. The average molecular weight is 1060 g/mol. The normalized spacial score (nSPS) is 12.7. The molecule has 5 aromatic carbocycles. The maximum Gasteiger partial charge on any atom is 0.397 e. The second-order valence-electron chi connectivity index (χ2n) is 13.9. The highest BCUT2D eigenvalue weighted by atomic mass is 35.5. The predicted molar refractivity (Wildman–Crippen MR) is 246 cm³/mol. The molecule has 0 radical (unpaired) electrons. The van der Waals surface area contributed by atoms with E-state index in [9.17, 15) is 61.1 Å². The minimum atomic E-state index is -5.30. The van der Waals surface area contributed by atoms with Crippen LogP contribution in [-0.4, -0.2) is 111 Å². The van der Waals surface area contributed by atoms with Crippen LogP contribution in [0.1, 0.15) is 12.8 Å². The fraction of sp³-hybridized carbons (Fsp3) is 0.237. The summed E-state index contributed by atoms with van der Waals surface area (Å²) in [6.07, 6.45) is -0.604. The first kappa shape index (κ1) is 53.1. The van der Waals surface area contributed by atoms with E-state index in [1.165, 1.54) is 12.1 Å². The van der Waals surface area contributed by atoms with Crippen molar-refractivity contribution < 1.29 is 79.3 Å². The van der Waals surface area contributed by atoms with Crippen molar-refractivity contribution in [3.05, 3.63) is 78.9 Å². The number of anilines is 3. The van der Waals surface area contributed by atoms with Gasteiger partial charge in [0.05, 0.1) is 59.7 Å². The summed E-state index contributed by atoms with van der Waals surface area (Å²) in [6, 6.07) is 16.5. The van der Waals surface area contributed by atoms with E-state index in [1.807, 2.05) is 0 Å². The van der Waals surface area contributed by atoms with Crippen LogP contribution in [0.5, 0.6) is 17.2 Å². The summed E-state index contributed by atoms with van der Waals surface area (Å²) in [6.45, 7) is -0.981. The number of aromatic hydroxyl groups is 1. The van der Waals surface area contributed by atoms with Crippen molar-refractivity contribution in [2.24, 2.45) is 20.5 Å². The largest absolute Gasteiger partial charge is 0.507 e. The van der Waals surface area contributed by atoms with Gasteiger partial charge in [0.2, 0.25) is 5.91 Å². The molecule has 24 nitrogen and oxygen atoms in total. The van der Waals surface area contributed by atoms with E-state index >= 15 is 0 Å². The number of hydrogen-bond acceptors (Lipinski definition) is 20. The number of sulfone groups is 2. The number of phenols is 1. The van der Waals surface area contributed by atoms with Gasteiger partial charge in [-0.15, -0.1) is 32.1 Å². The summed E-state index contributed by atoms with van der Waals surface area (Å²) >= 11 is 5.58. The zero-order chi connectivity index (χ0) is 50.2. The Kier molecular flexibility index (Phi) is 16.9. The number of phenolic OH excluding ortho intramolecular Hbond substituents is 1. The topological polar surface area (TPSA) is 370 Å². The molecule has 366 valence electrons. The number of methoxy groups -OCH3 is 2. The Morgan fingerprint density at radius 1 is 0.676 bits per heavy atom. The summed E-state index contributed by atoms with van der Waals surface area (Å²) in [5, 5.41) is 32.8. The smallest absolute Gasteiger partial charge is 0.397 e. The van der Waals surface area contributed by atoms with E-state index in [-0.39, 0.29) is 63.1 Å². The fourth-order valence-corrected chi connectivity index (χ4v) is 10.6. The summed E-state index contributed by atoms with van der Waals surface area (Å²) in [5.74, 6) is -4.15. The maximum absolute atomic E-state index is 13.3. The van der Waals surface area contributed by atoms with Gasteiger partial charge < -0.3 is 25.2 Å². The van der Waals surface area contributed by atoms with Crippen molar-refractivity contribution in [3.8, 4) is 17.2 Å². The van der Waals surface area contributed by atoms with Gasteiger partial charge in [-0.05, 0) is 48.2 Å². The Hall–Kier alpha value is -5.89. The summed E-state index contributed by atoms with van der Waals surface area (Å²) in [7, 11) is -21.0. The predicted octanol–water partition coefficient (Wildman–Crippen LogP) is 6.60. The van der Waals surface area contributed by atoms with Crippen LogP contribution in [-0.2, 0) is 59.3 Å². The van der Waals surface area contributed by atoms with Crippen LogP contribution < -0.4 is 20.1 Å². The third kappa shape index (κ3) is 14.1. The zero-order valence-electron chi connectivity index (χ0n) is 35.2. The lowest BCUT2D eigenvalue weighted by Crippen LogP contribution is -2.16. The number of amides is 1. The van der Waals surface area contributed by atoms with Gasteiger partial charge in [-0.1, -0.05) is 24.3 Å². The third-order valence-electron chi connectivity index (χ3n) is 9.18. The number of carbonyl (C=O) groups excluding carboxylic acids is 1. The van der Waals surface area contributed by atoms with Crippen LogP contribution in [0.25, 0.3) is 10.8 Å². The Bertz CT molecular complexity index is 3380. The first-order chi connectivity index (χ1) is 31.7. The van der Waals surface area contributed by atoms with Crippen molar-refractivity contribution in [2.45, 2.75) is 27.5 Å². The molecule has 0 aliphatic carbocycles. The fourth-order valence-electron chi connectivity index (χ4n) is 6.08. The first-order valence-corrected chi connectivity index (χ1v) is 27.3. The van der Waals surface area contributed by atoms with Gasteiger partial charge in [0.25, 0.3) is 20.2 Å². The van der Waals surface area contributed by atoms with Crippen molar-refractivity contribution in [1.29, 1.82) is 0 Å². The molecular weight excluding hydrogens is 1020 g/mol. The number of azo groups is 2. The number of fused-ring (bicyclic) bond motifs is 1. The number of ether oxygens (including phenoxy) is 2. The molecule has 0 saturated carbocycles. The molecule has 0 aromatic heterocycles. The molecule has 0 bridgehead atoms. The molecule has 1 amide bonds. The molecule has 68 heavy (non-hydrogen) atoms. The highest BCUT2D eigenvalue weighted by Gasteiger charge is 2.26. The van der Waals surface area contributed by atoms with Gasteiger partial charge in [0.1, 0.15) is 49.8 Å². The molecule has 6 N–H and O–H groups in total. The molecule has 5 rings (SSSR count). The van der Waals surface area contributed by atoms with E-state index in [1.54, 1.807) is 30.3 Å². The number of halogens is 1. The molecule has 0 aliphatic heterocycles. The Labute approximate surface area is 394 Å². The van der Waals surface area contributed by atoms with Crippen LogP contribution in [0.15, 0.2) is 114 Å². The van der Waals surface area contributed by atoms with Crippen LogP contribution in [0.4, 0.5) is 39.8 Å². The number of nitrogens with one attached hydrogen (secondary N) is 2. The number of nitrogens with zero attached hydrogens (tertiary/aromatic N) is 4. The van der Waals surface area contributed by atoms with Crippen molar-refractivity contribution >= 4 is 118 Å².